The van der Waals surface area contributed by atoms with Crippen molar-refractivity contribution in [1.82, 2.24) is 4.90 Å². The van der Waals surface area contributed by atoms with Crippen LogP contribution in [0.5, 0.6) is 0 Å². The third-order valence-electron chi connectivity index (χ3n) is 2.01. The average molecular weight is 153 g/mol. The van der Waals surface area contributed by atoms with Crippen molar-refractivity contribution in [3.63, 3.8) is 0 Å². The lowest BCUT2D eigenvalue weighted by atomic mass is 10.4. The molecular formula is C9H17N2+. The third-order valence-corrected chi connectivity index (χ3v) is 2.01. The van der Waals surface area contributed by atoms with Crippen LogP contribution in [0.1, 0.15) is 26.2 Å². The maximum absolute atomic E-state index is 4.06. The first-order chi connectivity index (χ1) is 5.43. The van der Waals surface area contributed by atoms with E-state index in [0.29, 0.717) is 0 Å². The summed E-state index contributed by atoms with van der Waals surface area (Å²) >= 11 is 0. The van der Waals surface area contributed by atoms with Gasteiger partial charge in [-0.1, -0.05) is 4.85 Å². The number of hydrogen-bond acceptors (Lipinski definition) is 1. The van der Waals surface area contributed by atoms with E-state index in [1.165, 1.54) is 25.9 Å². The highest BCUT2D eigenvalue weighted by molar-refractivity contribution is 4.86. The van der Waals surface area contributed by atoms with Gasteiger partial charge in [0.05, 0.1) is 6.42 Å². The van der Waals surface area contributed by atoms with Crippen LogP contribution in [0, 0.1) is 6.07 Å². The Balaban J connectivity index is 2.02. The first-order valence-electron chi connectivity index (χ1n) is 4.55. The predicted octanol–water partition coefficient (Wildman–Crippen LogP) is 1.83. The van der Waals surface area contributed by atoms with E-state index in [4.69, 9.17) is 0 Å². The van der Waals surface area contributed by atoms with Crippen molar-refractivity contribution in [2.75, 3.05) is 26.2 Å². The Morgan fingerprint density at radius 1 is 1.36 bits per heavy atom. The molecule has 1 heterocycles. The van der Waals surface area contributed by atoms with E-state index in [-0.39, 0.29) is 0 Å². The molecule has 0 radical (unpaired) electrons. The molecule has 0 aromatic rings. The molecule has 0 spiro atoms. The van der Waals surface area contributed by atoms with Gasteiger partial charge in [-0.15, -0.1) is 0 Å². The summed E-state index contributed by atoms with van der Waals surface area (Å²) in [4.78, 5) is 6.54. The summed E-state index contributed by atoms with van der Waals surface area (Å²) in [5.74, 6) is 0. The Kier molecular flexibility index (Phi) is 4.00. The van der Waals surface area contributed by atoms with Gasteiger partial charge >= 0.3 is 0 Å². The second kappa shape index (κ2) is 5.15. The molecule has 0 aliphatic carbocycles. The third kappa shape index (κ3) is 3.38. The number of rotatable bonds is 2. The Morgan fingerprint density at radius 2 is 2.09 bits per heavy atom. The maximum atomic E-state index is 4.06. The molecule has 62 valence electrons. The van der Waals surface area contributed by atoms with E-state index in [0.717, 1.165) is 19.5 Å². The Hall–Kier alpha value is -0.550. The molecule has 1 aliphatic rings. The minimum atomic E-state index is 0.875. The molecule has 1 aliphatic heterocycles. The van der Waals surface area contributed by atoms with Crippen LogP contribution in [-0.4, -0.2) is 31.1 Å². The van der Waals surface area contributed by atoms with Crippen LogP contribution in [0.25, 0.3) is 4.85 Å². The van der Waals surface area contributed by atoms with Crippen molar-refractivity contribution in [2.24, 2.45) is 0 Å². The molecule has 1 fully saturated rings. The summed E-state index contributed by atoms with van der Waals surface area (Å²) in [7, 11) is 0. The lowest BCUT2D eigenvalue weighted by Gasteiger charge is -2.09. The summed E-state index contributed by atoms with van der Waals surface area (Å²) in [5.41, 5.74) is 0. The van der Waals surface area contributed by atoms with Crippen LogP contribution in [-0.2, 0) is 0 Å². The van der Waals surface area contributed by atoms with Crippen molar-refractivity contribution in [2.45, 2.75) is 26.2 Å². The number of hydrogen-bond donors (Lipinski definition) is 0. The SMILES string of the molecule is CC[N+]#CCCN1CCCC1. The zero-order chi connectivity index (χ0) is 7.94. The molecule has 2 heteroatoms. The van der Waals surface area contributed by atoms with Gasteiger partial charge in [0.15, 0.2) is 0 Å². The van der Waals surface area contributed by atoms with Crippen LogP contribution in [0.3, 0.4) is 0 Å². The monoisotopic (exact) mass is 153 g/mol. The normalized spacial score (nSPS) is 17.9. The zero-order valence-electron chi connectivity index (χ0n) is 7.34. The summed E-state index contributed by atoms with van der Waals surface area (Å²) in [6, 6.07) is 3.05. The van der Waals surface area contributed by atoms with Gasteiger partial charge in [-0.05, 0) is 25.9 Å². The fourth-order valence-electron chi connectivity index (χ4n) is 1.41. The van der Waals surface area contributed by atoms with Gasteiger partial charge in [0.2, 0.25) is 0 Å². The fraction of sp³-hybridized carbons (Fsp3) is 0.889. The average Bonchev–Trinajstić information content (AvgIpc) is 2.50. The van der Waals surface area contributed by atoms with E-state index in [2.05, 4.69) is 15.8 Å². The van der Waals surface area contributed by atoms with Gasteiger partial charge in [0, 0.05) is 13.5 Å². The van der Waals surface area contributed by atoms with Crippen LogP contribution >= 0.6 is 0 Å². The molecular weight excluding hydrogens is 136 g/mol. The van der Waals surface area contributed by atoms with Gasteiger partial charge in [-0.2, -0.15) is 0 Å². The van der Waals surface area contributed by atoms with Crippen LogP contribution in [0.4, 0.5) is 0 Å². The molecule has 0 aromatic heterocycles. The molecule has 11 heavy (non-hydrogen) atoms. The smallest absolute Gasteiger partial charge is 0.274 e. The fourth-order valence-corrected chi connectivity index (χ4v) is 1.41. The maximum Gasteiger partial charge on any atom is 0.274 e. The zero-order valence-corrected chi connectivity index (χ0v) is 7.34. The molecule has 2 nitrogen and oxygen atoms in total. The van der Waals surface area contributed by atoms with Crippen molar-refractivity contribution in [1.29, 1.82) is 0 Å². The molecule has 0 atom stereocenters. The van der Waals surface area contributed by atoms with E-state index in [9.17, 15) is 0 Å². The summed E-state index contributed by atoms with van der Waals surface area (Å²) in [6.45, 7) is 6.65. The minimum absolute atomic E-state index is 0.875. The van der Waals surface area contributed by atoms with Crippen molar-refractivity contribution >= 4 is 0 Å². The van der Waals surface area contributed by atoms with Gasteiger partial charge in [0.1, 0.15) is 0 Å². The predicted molar refractivity (Wildman–Crippen MR) is 48.1 cm³/mol. The highest BCUT2D eigenvalue weighted by atomic mass is 15.1. The standard InChI is InChI=1S/C9H17N2/c1-2-10-6-5-9-11-7-3-4-8-11/h2-5,7-9H2,1H3/q+1. The van der Waals surface area contributed by atoms with Gasteiger partial charge < -0.3 is 4.90 Å². The number of likely N-dealkylation sites (tertiary alicyclic amines) is 1. The van der Waals surface area contributed by atoms with E-state index < -0.39 is 0 Å². The second-order valence-corrected chi connectivity index (χ2v) is 2.93. The second-order valence-electron chi connectivity index (χ2n) is 2.93. The van der Waals surface area contributed by atoms with Gasteiger partial charge in [-0.3, -0.25) is 0 Å². The van der Waals surface area contributed by atoms with Gasteiger partial charge in [-0.25, -0.2) is 0 Å². The lowest BCUT2D eigenvalue weighted by Crippen LogP contribution is -2.19. The molecule has 0 amide bonds. The minimum Gasteiger partial charge on any atom is -0.302 e. The van der Waals surface area contributed by atoms with Gasteiger partial charge in [0.25, 0.3) is 12.6 Å². The van der Waals surface area contributed by atoms with E-state index >= 15 is 0 Å². The molecule has 0 saturated carbocycles. The highest BCUT2D eigenvalue weighted by Crippen LogP contribution is 2.06. The van der Waals surface area contributed by atoms with E-state index in [1.54, 1.807) is 0 Å². The topological polar surface area (TPSA) is 7.60 Å². The highest BCUT2D eigenvalue weighted by Gasteiger charge is 2.10. The Labute approximate surface area is 69.0 Å². The summed E-state index contributed by atoms with van der Waals surface area (Å²) in [5, 5.41) is 0. The number of nitrogens with zero attached hydrogens (tertiary/aromatic N) is 2. The Bertz CT molecular complexity index is 149. The molecule has 0 unspecified atom stereocenters. The van der Waals surface area contributed by atoms with Crippen molar-refractivity contribution < 1.29 is 0 Å². The van der Waals surface area contributed by atoms with Crippen molar-refractivity contribution in [3.8, 4) is 6.07 Å². The molecule has 0 bridgehead atoms. The molecule has 1 rings (SSSR count). The molecule has 1 saturated heterocycles. The largest absolute Gasteiger partial charge is 0.302 e. The quantitative estimate of drug-likeness (QED) is 0.587. The van der Waals surface area contributed by atoms with Crippen LogP contribution < -0.4 is 0 Å². The summed E-state index contributed by atoms with van der Waals surface area (Å²) in [6.07, 6.45) is 3.77. The Morgan fingerprint density at radius 3 is 2.73 bits per heavy atom. The van der Waals surface area contributed by atoms with Crippen LogP contribution in [0.2, 0.25) is 0 Å². The summed E-state index contributed by atoms with van der Waals surface area (Å²) < 4.78 is 0. The first kappa shape index (κ1) is 8.55. The first-order valence-corrected chi connectivity index (χ1v) is 4.55. The van der Waals surface area contributed by atoms with Crippen LogP contribution in [0.15, 0.2) is 0 Å². The molecule has 0 N–H and O–H groups in total. The van der Waals surface area contributed by atoms with Crippen molar-refractivity contribution in [3.05, 3.63) is 4.85 Å². The lowest BCUT2D eigenvalue weighted by molar-refractivity contribution is 0.348. The molecule has 0 aromatic carbocycles. The van der Waals surface area contributed by atoms with E-state index in [1.807, 2.05) is 6.92 Å².